The van der Waals surface area contributed by atoms with Crippen molar-refractivity contribution >= 4 is 65.2 Å². The molecule has 4 heterocycles. The highest BCUT2D eigenvalue weighted by atomic mass is 15.0. The molecule has 0 unspecified atom stereocenters. The predicted molar refractivity (Wildman–Crippen MR) is 216 cm³/mol. The van der Waals surface area contributed by atoms with Gasteiger partial charge in [-0.2, -0.15) is 0 Å². The van der Waals surface area contributed by atoms with Crippen molar-refractivity contribution in [3.8, 4) is 45.0 Å². The number of aromatic nitrogens is 4. The lowest BCUT2D eigenvalue weighted by molar-refractivity contribution is 1.14. The number of para-hydroxylation sites is 2. The molecule has 12 rings (SSSR count). The molecule has 0 atom stereocenters. The van der Waals surface area contributed by atoms with Gasteiger partial charge in [0.05, 0.1) is 45.3 Å². The Morgan fingerprint density at radius 1 is 0.365 bits per heavy atom. The van der Waals surface area contributed by atoms with Crippen LogP contribution in [0.1, 0.15) is 0 Å². The summed E-state index contributed by atoms with van der Waals surface area (Å²) >= 11 is 0. The maximum Gasteiger partial charge on any atom is 0.0977 e. The average molecular weight is 661 g/mol. The molecular formula is C48H28N4. The van der Waals surface area contributed by atoms with E-state index in [-0.39, 0.29) is 0 Å². The lowest BCUT2D eigenvalue weighted by Crippen LogP contribution is -1.96. The summed E-state index contributed by atoms with van der Waals surface area (Å²) in [6.07, 6.45) is 3.89. The number of pyridine rings is 2. The summed E-state index contributed by atoms with van der Waals surface area (Å²) in [5, 5.41) is 9.83. The van der Waals surface area contributed by atoms with E-state index in [1.54, 1.807) is 0 Å². The molecule has 7 aromatic carbocycles. The Balaban J connectivity index is 1.05. The zero-order chi connectivity index (χ0) is 33.9. The molecule has 52 heavy (non-hydrogen) atoms. The second-order valence-electron chi connectivity index (χ2n) is 13.9. The first-order valence-corrected chi connectivity index (χ1v) is 17.7. The minimum atomic E-state index is 0.954. The Bertz CT molecular complexity index is 3290. The van der Waals surface area contributed by atoms with Gasteiger partial charge >= 0.3 is 0 Å². The van der Waals surface area contributed by atoms with Gasteiger partial charge in [0.15, 0.2) is 0 Å². The maximum absolute atomic E-state index is 5.04. The van der Waals surface area contributed by atoms with E-state index in [2.05, 4.69) is 167 Å². The minimum absolute atomic E-state index is 0.954. The zero-order valence-corrected chi connectivity index (χ0v) is 28.0. The largest absolute Gasteiger partial charge is 0.309 e. The summed E-state index contributed by atoms with van der Waals surface area (Å²) in [5.74, 6) is 0. The van der Waals surface area contributed by atoms with Crippen LogP contribution in [0, 0.1) is 0 Å². The maximum atomic E-state index is 5.04. The third kappa shape index (κ3) is 3.75. The fraction of sp³-hybridized carbons (Fsp3) is 0. The highest BCUT2D eigenvalue weighted by Gasteiger charge is 2.25. The molecule has 0 amide bonds. The van der Waals surface area contributed by atoms with Crippen LogP contribution in [0.15, 0.2) is 170 Å². The second kappa shape index (κ2) is 10.3. The Morgan fingerprint density at radius 2 is 1.02 bits per heavy atom. The van der Waals surface area contributed by atoms with Gasteiger partial charge in [0.2, 0.25) is 0 Å². The Kier molecular flexibility index (Phi) is 5.47. The van der Waals surface area contributed by atoms with E-state index >= 15 is 0 Å². The predicted octanol–water partition coefficient (Wildman–Crippen LogP) is 12.3. The summed E-state index contributed by atoms with van der Waals surface area (Å²) in [4.78, 5) is 9.79. The third-order valence-electron chi connectivity index (χ3n) is 11.1. The number of hydrogen-bond acceptors (Lipinski definition) is 2. The summed E-state index contributed by atoms with van der Waals surface area (Å²) in [7, 11) is 0. The fourth-order valence-corrected chi connectivity index (χ4v) is 8.78. The molecule has 0 bridgehead atoms. The Morgan fingerprint density at radius 3 is 1.85 bits per heavy atom. The van der Waals surface area contributed by atoms with Gasteiger partial charge in [0.25, 0.3) is 0 Å². The van der Waals surface area contributed by atoms with E-state index in [4.69, 9.17) is 9.97 Å². The first-order valence-electron chi connectivity index (χ1n) is 17.7. The van der Waals surface area contributed by atoms with Crippen molar-refractivity contribution in [3.63, 3.8) is 0 Å². The van der Waals surface area contributed by atoms with Gasteiger partial charge in [-0.25, -0.2) is 0 Å². The topological polar surface area (TPSA) is 35.6 Å². The van der Waals surface area contributed by atoms with Crippen LogP contribution >= 0.6 is 0 Å². The molecule has 0 saturated heterocycles. The minimum Gasteiger partial charge on any atom is -0.309 e. The lowest BCUT2D eigenvalue weighted by atomic mass is 10.00. The Labute approximate surface area is 298 Å². The molecule has 0 spiro atoms. The van der Waals surface area contributed by atoms with Gasteiger partial charge in [-0.1, -0.05) is 91.0 Å². The zero-order valence-electron chi connectivity index (χ0n) is 28.0. The third-order valence-corrected chi connectivity index (χ3v) is 11.1. The number of hydrogen-bond donors (Lipinski definition) is 0. The molecule has 1 aliphatic rings. The molecule has 0 saturated carbocycles. The summed E-state index contributed by atoms with van der Waals surface area (Å²) in [6.45, 7) is 0. The SMILES string of the molecule is c1ccc(-n2c3ccc(-c4ccc5c(c4)c4ccccc4n5-c4cnc5c(c4)-c4cccc6ccnc-5c46)cc3c3cc4ccccc4cc32)cc1. The standard InChI is InChI=1S/C48H28N4/c1-2-12-34(13-3-1)51-44-20-18-33(25-39(44)40-23-30-9-4-5-10-31(30)26-45(40)51)32-17-19-43-38(24-32)36-14-6-7-16-42(36)52(43)35-27-41-37-15-8-11-29-21-22-49-48(46(29)37)47(41)50-28-35/h1-28H. The van der Waals surface area contributed by atoms with Crippen LogP contribution in [0.2, 0.25) is 0 Å². The van der Waals surface area contributed by atoms with Crippen molar-refractivity contribution in [1.29, 1.82) is 0 Å². The molecule has 4 nitrogen and oxygen atoms in total. The lowest BCUT2D eigenvalue weighted by Gasteiger charge is -2.11. The van der Waals surface area contributed by atoms with Gasteiger partial charge < -0.3 is 9.13 Å². The van der Waals surface area contributed by atoms with Crippen LogP contribution in [0.5, 0.6) is 0 Å². The van der Waals surface area contributed by atoms with Crippen LogP contribution in [0.4, 0.5) is 0 Å². The first kappa shape index (κ1) is 27.7. The van der Waals surface area contributed by atoms with Crippen LogP contribution in [0.3, 0.4) is 0 Å². The van der Waals surface area contributed by atoms with E-state index in [1.165, 1.54) is 70.8 Å². The van der Waals surface area contributed by atoms with Crippen LogP contribution in [0.25, 0.3) is 110 Å². The van der Waals surface area contributed by atoms with Crippen LogP contribution < -0.4 is 0 Å². The molecule has 11 aromatic rings. The number of nitrogens with zero attached hydrogens (tertiary/aromatic N) is 4. The first-order chi connectivity index (χ1) is 25.8. The van der Waals surface area contributed by atoms with E-state index in [0.717, 1.165) is 39.4 Å². The van der Waals surface area contributed by atoms with Gasteiger partial charge in [0.1, 0.15) is 0 Å². The van der Waals surface area contributed by atoms with E-state index in [9.17, 15) is 0 Å². The van der Waals surface area contributed by atoms with E-state index in [1.807, 2.05) is 12.4 Å². The smallest absolute Gasteiger partial charge is 0.0977 e. The highest BCUT2D eigenvalue weighted by Crippen LogP contribution is 2.46. The molecule has 240 valence electrons. The van der Waals surface area contributed by atoms with Crippen molar-refractivity contribution < 1.29 is 0 Å². The Hall–Kier alpha value is -7.04. The molecule has 4 heteroatoms. The summed E-state index contributed by atoms with van der Waals surface area (Å²) in [5.41, 5.74) is 13.6. The van der Waals surface area contributed by atoms with E-state index in [0.29, 0.717) is 0 Å². The van der Waals surface area contributed by atoms with Gasteiger partial charge in [-0.05, 0) is 99.6 Å². The van der Waals surface area contributed by atoms with Gasteiger partial charge in [-0.15, -0.1) is 0 Å². The van der Waals surface area contributed by atoms with Crippen molar-refractivity contribution in [2.24, 2.45) is 0 Å². The van der Waals surface area contributed by atoms with Crippen LogP contribution in [-0.4, -0.2) is 19.1 Å². The van der Waals surface area contributed by atoms with Gasteiger partial charge in [0, 0.05) is 44.4 Å². The van der Waals surface area contributed by atoms with Crippen molar-refractivity contribution in [2.45, 2.75) is 0 Å². The number of fused-ring (bicyclic) bond motifs is 10. The summed E-state index contributed by atoms with van der Waals surface area (Å²) < 4.78 is 4.76. The highest BCUT2D eigenvalue weighted by molar-refractivity contribution is 6.16. The molecule has 0 radical (unpaired) electrons. The van der Waals surface area contributed by atoms with Crippen LogP contribution in [-0.2, 0) is 0 Å². The quantitative estimate of drug-likeness (QED) is 0.189. The molecule has 0 fully saturated rings. The molecule has 1 aliphatic carbocycles. The molecule has 0 N–H and O–H groups in total. The summed E-state index contributed by atoms with van der Waals surface area (Å²) in [6, 6.07) is 57.5. The van der Waals surface area contributed by atoms with Gasteiger partial charge in [-0.3, -0.25) is 9.97 Å². The van der Waals surface area contributed by atoms with Crippen molar-refractivity contribution in [3.05, 3.63) is 170 Å². The molecule has 0 aliphatic heterocycles. The number of rotatable bonds is 3. The average Bonchev–Trinajstić information content (AvgIpc) is 3.83. The van der Waals surface area contributed by atoms with Crippen molar-refractivity contribution in [2.75, 3.05) is 0 Å². The van der Waals surface area contributed by atoms with Crippen molar-refractivity contribution in [1.82, 2.24) is 19.1 Å². The fourth-order valence-electron chi connectivity index (χ4n) is 8.78. The van der Waals surface area contributed by atoms with E-state index < -0.39 is 0 Å². The molecule has 4 aromatic heterocycles. The normalized spacial score (nSPS) is 12.2. The monoisotopic (exact) mass is 660 g/mol. The molecular weight excluding hydrogens is 633 g/mol. The number of benzene rings is 7. The second-order valence-corrected chi connectivity index (χ2v) is 13.9.